The Morgan fingerprint density at radius 1 is 0.262 bits per heavy atom. The molecule has 2 aromatic heterocycles. The molecule has 0 spiro atoms. The van der Waals surface area contributed by atoms with Gasteiger partial charge in [0.05, 0.1) is 11.0 Å². The summed E-state index contributed by atoms with van der Waals surface area (Å²) in [5.74, 6) is 1.88. The Kier molecular flexibility index (Phi) is 8.13. The molecule has 0 aliphatic rings. The summed E-state index contributed by atoms with van der Waals surface area (Å²) < 4.78 is 2.45. The average molecular weight is 777 g/mol. The fourth-order valence-corrected chi connectivity index (χ4v) is 9.17. The van der Waals surface area contributed by atoms with E-state index in [4.69, 9.17) is 15.0 Å². The molecule has 0 radical (unpaired) electrons. The Labute approximate surface area is 352 Å². The zero-order valence-electron chi connectivity index (χ0n) is 33.1. The summed E-state index contributed by atoms with van der Waals surface area (Å²) in [4.78, 5) is 15.8. The lowest BCUT2D eigenvalue weighted by molar-refractivity contribution is 1.07. The topological polar surface area (TPSA) is 43.6 Å². The fourth-order valence-electron chi connectivity index (χ4n) is 9.17. The molecule has 0 fully saturated rings. The van der Waals surface area contributed by atoms with Crippen LogP contribution in [-0.4, -0.2) is 19.5 Å². The third-order valence-electron chi connectivity index (χ3n) is 12.0. The molecule has 0 unspecified atom stereocenters. The minimum atomic E-state index is 0.621. The smallest absolute Gasteiger partial charge is 0.164 e. The second-order valence-electron chi connectivity index (χ2n) is 15.6. The van der Waals surface area contributed by atoms with Crippen LogP contribution < -0.4 is 0 Å². The van der Waals surface area contributed by atoms with Crippen molar-refractivity contribution in [2.75, 3.05) is 0 Å². The van der Waals surface area contributed by atoms with Crippen molar-refractivity contribution in [3.05, 3.63) is 218 Å². The van der Waals surface area contributed by atoms with Crippen molar-refractivity contribution in [2.45, 2.75) is 0 Å². The fraction of sp³-hybridized carbons (Fsp3) is 0. The first-order valence-corrected chi connectivity index (χ1v) is 20.7. The number of rotatable bonds is 6. The highest BCUT2D eigenvalue weighted by Gasteiger charge is 2.22. The molecule has 2 heterocycles. The molecule has 0 amide bonds. The van der Waals surface area contributed by atoms with Crippen molar-refractivity contribution >= 4 is 54.1 Å². The Hall–Kier alpha value is -8.21. The number of hydrogen-bond donors (Lipinski definition) is 0. The highest BCUT2D eigenvalue weighted by atomic mass is 15.0. The van der Waals surface area contributed by atoms with E-state index in [1.165, 1.54) is 38.1 Å². The molecule has 0 aliphatic carbocycles. The SMILES string of the molecule is c1ccc(-c2ccc3c4ccc(-c5ccccc5)cc4n(-c4cc(-c5nc(-c6ccccc6)nc(-c6ccccc6)n5)c5c6ccccc6c6ccccc6c5c4)c3c2)cc1. The Morgan fingerprint density at radius 2 is 0.656 bits per heavy atom. The minimum absolute atomic E-state index is 0.621. The molecule has 10 aromatic carbocycles. The molecule has 0 atom stereocenters. The Morgan fingerprint density at radius 3 is 1.15 bits per heavy atom. The standard InChI is InChI=1S/C57H36N4/c1-5-17-37(18-6-1)41-29-31-47-48-32-30-42(38-19-7-2-8-20-38)34-53(48)61(52(47)33-41)43-35-50-46-27-14-13-25-44(46)45-26-15-16-28-49(45)54(50)51(36-43)57-59-55(39-21-9-3-10-22-39)58-56(60-57)40-23-11-4-12-24-40/h1-36H. The van der Waals surface area contributed by atoms with Crippen LogP contribution in [0.1, 0.15) is 0 Å². The summed E-state index contributed by atoms with van der Waals surface area (Å²) in [5, 5.41) is 9.36. The van der Waals surface area contributed by atoms with Crippen molar-refractivity contribution in [3.63, 3.8) is 0 Å². The van der Waals surface area contributed by atoms with Crippen LogP contribution in [0.4, 0.5) is 0 Å². The van der Waals surface area contributed by atoms with Crippen molar-refractivity contribution in [3.8, 4) is 62.1 Å². The van der Waals surface area contributed by atoms with Gasteiger partial charge < -0.3 is 4.57 Å². The first-order valence-electron chi connectivity index (χ1n) is 20.7. The van der Waals surface area contributed by atoms with Crippen LogP contribution >= 0.6 is 0 Å². The summed E-state index contributed by atoms with van der Waals surface area (Å²) in [6, 6.07) is 77.7. The van der Waals surface area contributed by atoms with Crippen LogP contribution in [0.3, 0.4) is 0 Å². The first-order chi connectivity index (χ1) is 30.2. The minimum Gasteiger partial charge on any atom is -0.309 e. The van der Waals surface area contributed by atoms with Crippen LogP contribution in [0.2, 0.25) is 0 Å². The molecule has 12 aromatic rings. The van der Waals surface area contributed by atoms with Crippen molar-refractivity contribution in [1.82, 2.24) is 19.5 Å². The van der Waals surface area contributed by atoms with E-state index < -0.39 is 0 Å². The molecule has 4 heteroatoms. The summed E-state index contributed by atoms with van der Waals surface area (Å²) in [6.45, 7) is 0. The lowest BCUT2D eigenvalue weighted by Crippen LogP contribution is -2.02. The van der Waals surface area contributed by atoms with Crippen molar-refractivity contribution in [1.29, 1.82) is 0 Å². The third-order valence-corrected chi connectivity index (χ3v) is 12.0. The molecular weight excluding hydrogens is 741 g/mol. The van der Waals surface area contributed by atoms with E-state index in [0.29, 0.717) is 17.5 Å². The van der Waals surface area contributed by atoms with E-state index in [0.717, 1.165) is 60.7 Å². The van der Waals surface area contributed by atoms with E-state index >= 15 is 0 Å². The van der Waals surface area contributed by atoms with Gasteiger partial charge in [-0.1, -0.05) is 194 Å². The molecule has 4 nitrogen and oxygen atoms in total. The van der Waals surface area contributed by atoms with E-state index in [2.05, 4.69) is 187 Å². The summed E-state index contributed by atoms with van der Waals surface area (Å²) >= 11 is 0. The monoisotopic (exact) mass is 776 g/mol. The van der Waals surface area contributed by atoms with E-state index in [9.17, 15) is 0 Å². The molecular formula is C57H36N4. The van der Waals surface area contributed by atoms with Gasteiger partial charge in [-0.15, -0.1) is 0 Å². The highest BCUT2D eigenvalue weighted by molar-refractivity contribution is 6.28. The summed E-state index contributed by atoms with van der Waals surface area (Å²) in [7, 11) is 0. The largest absolute Gasteiger partial charge is 0.309 e. The molecule has 0 N–H and O–H groups in total. The quantitative estimate of drug-likeness (QED) is 0.158. The lowest BCUT2D eigenvalue weighted by Gasteiger charge is -2.18. The molecule has 0 bridgehead atoms. The predicted octanol–water partition coefficient (Wildman–Crippen LogP) is 14.8. The number of benzene rings is 10. The van der Waals surface area contributed by atoms with Crippen molar-refractivity contribution < 1.29 is 0 Å². The van der Waals surface area contributed by atoms with Gasteiger partial charge in [0, 0.05) is 38.5 Å². The first kappa shape index (κ1) is 34.8. The van der Waals surface area contributed by atoms with Crippen LogP contribution in [-0.2, 0) is 0 Å². The van der Waals surface area contributed by atoms with Crippen LogP contribution in [0, 0.1) is 0 Å². The second kappa shape index (κ2) is 14.3. The summed E-state index contributed by atoms with van der Waals surface area (Å²) in [6.07, 6.45) is 0. The van der Waals surface area contributed by atoms with E-state index in [1.807, 2.05) is 36.4 Å². The van der Waals surface area contributed by atoms with Gasteiger partial charge in [-0.3, -0.25) is 0 Å². The Bertz CT molecular complexity index is 3460. The number of fused-ring (bicyclic) bond motifs is 9. The average Bonchev–Trinajstić information content (AvgIpc) is 3.67. The van der Waals surface area contributed by atoms with Crippen molar-refractivity contribution in [2.24, 2.45) is 0 Å². The van der Waals surface area contributed by atoms with E-state index in [-0.39, 0.29) is 0 Å². The highest BCUT2D eigenvalue weighted by Crippen LogP contribution is 2.44. The molecule has 0 aliphatic heterocycles. The van der Waals surface area contributed by atoms with Gasteiger partial charge in [0.2, 0.25) is 0 Å². The third kappa shape index (κ3) is 5.88. The Balaban J connectivity index is 1.24. The van der Waals surface area contributed by atoms with Gasteiger partial charge >= 0.3 is 0 Å². The lowest BCUT2D eigenvalue weighted by atomic mass is 9.91. The number of aromatic nitrogens is 4. The van der Waals surface area contributed by atoms with Gasteiger partial charge in [0.25, 0.3) is 0 Å². The maximum atomic E-state index is 5.36. The molecule has 61 heavy (non-hydrogen) atoms. The zero-order chi connectivity index (χ0) is 40.3. The molecule has 12 rings (SSSR count). The number of hydrogen-bond acceptors (Lipinski definition) is 3. The van der Waals surface area contributed by atoms with E-state index in [1.54, 1.807) is 0 Å². The molecule has 284 valence electrons. The van der Waals surface area contributed by atoms with Crippen LogP contribution in [0.25, 0.3) is 116 Å². The zero-order valence-corrected chi connectivity index (χ0v) is 33.1. The van der Waals surface area contributed by atoms with Gasteiger partial charge in [0.1, 0.15) is 0 Å². The van der Waals surface area contributed by atoms with Gasteiger partial charge in [-0.25, -0.2) is 15.0 Å². The number of nitrogens with zero attached hydrogens (tertiary/aromatic N) is 4. The maximum absolute atomic E-state index is 5.36. The maximum Gasteiger partial charge on any atom is 0.164 e. The molecule has 0 saturated carbocycles. The predicted molar refractivity (Wildman–Crippen MR) is 254 cm³/mol. The second-order valence-corrected chi connectivity index (χ2v) is 15.6. The van der Waals surface area contributed by atoms with Gasteiger partial charge in [-0.2, -0.15) is 0 Å². The normalized spacial score (nSPS) is 11.6. The van der Waals surface area contributed by atoms with Crippen LogP contribution in [0.15, 0.2) is 218 Å². The van der Waals surface area contributed by atoms with Gasteiger partial charge in [0.15, 0.2) is 17.5 Å². The summed E-state index contributed by atoms with van der Waals surface area (Å²) in [5.41, 5.74) is 10.8. The van der Waals surface area contributed by atoms with Crippen LogP contribution in [0.5, 0.6) is 0 Å². The molecule has 0 saturated heterocycles. The van der Waals surface area contributed by atoms with Gasteiger partial charge in [-0.05, 0) is 73.5 Å².